The number of hydrogen-bond donors (Lipinski definition) is 1. The van der Waals surface area contributed by atoms with Crippen LogP contribution in [0.15, 0.2) is 23.8 Å². The fraction of sp³-hybridized carbons (Fsp3) is 0.231. The number of carbonyl (C=O) groups is 1. The molecule has 0 aliphatic carbocycles. The van der Waals surface area contributed by atoms with Crippen molar-refractivity contribution >= 4 is 12.0 Å². The summed E-state index contributed by atoms with van der Waals surface area (Å²) < 4.78 is 26.3. The standard InChI is InChI=1S/C13H12F2N2O/c1-8(2)17-13(18)10(7-16)5-9-6-11(14)3-4-12(9)15/h3-6,8H,1-2H3,(H,17,18)/b10-5-. The van der Waals surface area contributed by atoms with Crippen LogP contribution in [0, 0.1) is 23.0 Å². The number of nitrogens with zero attached hydrogens (tertiary/aromatic N) is 1. The van der Waals surface area contributed by atoms with E-state index in [4.69, 9.17) is 5.26 Å². The summed E-state index contributed by atoms with van der Waals surface area (Å²) in [5.41, 5.74) is -0.404. The molecule has 0 saturated heterocycles. The molecule has 0 aliphatic rings. The molecule has 5 heteroatoms. The number of hydrogen-bond acceptors (Lipinski definition) is 2. The van der Waals surface area contributed by atoms with Crippen molar-refractivity contribution in [3.05, 3.63) is 41.0 Å². The Kier molecular flexibility index (Phi) is 4.55. The number of carbonyl (C=O) groups excluding carboxylic acids is 1. The van der Waals surface area contributed by atoms with Gasteiger partial charge in [-0.3, -0.25) is 4.79 Å². The van der Waals surface area contributed by atoms with Gasteiger partial charge in [-0.25, -0.2) is 8.78 Å². The highest BCUT2D eigenvalue weighted by atomic mass is 19.1. The molecule has 18 heavy (non-hydrogen) atoms. The van der Waals surface area contributed by atoms with E-state index in [0.29, 0.717) is 0 Å². The smallest absolute Gasteiger partial charge is 0.262 e. The molecule has 1 amide bonds. The van der Waals surface area contributed by atoms with E-state index in [1.807, 2.05) is 0 Å². The van der Waals surface area contributed by atoms with E-state index in [-0.39, 0.29) is 17.2 Å². The molecule has 0 atom stereocenters. The molecule has 0 saturated carbocycles. The van der Waals surface area contributed by atoms with Gasteiger partial charge in [-0.1, -0.05) is 0 Å². The Morgan fingerprint density at radius 2 is 2.11 bits per heavy atom. The van der Waals surface area contributed by atoms with Gasteiger partial charge in [0, 0.05) is 11.6 Å². The Morgan fingerprint density at radius 3 is 2.67 bits per heavy atom. The van der Waals surface area contributed by atoms with E-state index in [0.717, 1.165) is 24.3 Å². The van der Waals surface area contributed by atoms with E-state index in [2.05, 4.69) is 5.32 Å². The molecule has 94 valence electrons. The van der Waals surface area contributed by atoms with Crippen molar-refractivity contribution in [1.82, 2.24) is 5.32 Å². The molecular weight excluding hydrogens is 238 g/mol. The zero-order valence-corrected chi connectivity index (χ0v) is 10.00. The molecule has 0 fully saturated rings. The SMILES string of the molecule is CC(C)NC(=O)/C(C#N)=C\c1cc(F)ccc1F. The van der Waals surface area contributed by atoms with Crippen LogP contribution in [-0.4, -0.2) is 11.9 Å². The maximum atomic E-state index is 13.3. The average molecular weight is 250 g/mol. The summed E-state index contributed by atoms with van der Waals surface area (Å²) in [4.78, 5) is 11.6. The van der Waals surface area contributed by atoms with Crippen LogP contribution in [0.5, 0.6) is 0 Å². The van der Waals surface area contributed by atoms with Crippen molar-refractivity contribution in [3.63, 3.8) is 0 Å². The van der Waals surface area contributed by atoms with Gasteiger partial charge in [-0.15, -0.1) is 0 Å². The molecule has 0 aromatic heterocycles. The summed E-state index contributed by atoms with van der Waals surface area (Å²) in [7, 11) is 0. The molecule has 0 heterocycles. The van der Waals surface area contributed by atoms with Crippen molar-refractivity contribution in [1.29, 1.82) is 5.26 Å². The zero-order valence-electron chi connectivity index (χ0n) is 10.00. The van der Waals surface area contributed by atoms with Crippen molar-refractivity contribution in [2.75, 3.05) is 0 Å². The highest BCUT2D eigenvalue weighted by Gasteiger charge is 2.11. The van der Waals surface area contributed by atoms with Crippen LogP contribution in [0.4, 0.5) is 8.78 Å². The molecule has 0 unspecified atom stereocenters. The van der Waals surface area contributed by atoms with Gasteiger partial charge in [0.2, 0.25) is 0 Å². The van der Waals surface area contributed by atoms with Gasteiger partial charge in [-0.05, 0) is 38.1 Å². The predicted octanol–water partition coefficient (Wildman–Crippen LogP) is 2.40. The summed E-state index contributed by atoms with van der Waals surface area (Å²) in [5, 5.41) is 11.3. The van der Waals surface area contributed by atoms with Gasteiger partial charge < -0.3 is 5.32 Å². The summed E-state index contributed by atoms with van der Waals surface area (Å²) >= 11 is 0. The lowest BCUT2D eigenvalue weighted by Crippen LogP contribution is -2.30. The highest BCUT2D eigenvalue weighted by molar-refractivity contribution is 6.01. The number of rotatable bonds is 3. The van der Waals surface area contributed by atoms with Gasteiger partial charge in [0.1, 0.15) is 23.3 Å². The third-order valence-electron chi connectivity index (χ3n) is 2.04. The lowest BCUT2D eigenvalue weighted by Gasteiger charge is -2.07. The van der Waals surface area contributed by atoms with Crippen molar-refractivity contribution in [2.45, 2.75) is 19.9 Å². The Morgan fingerprint density at radius 1 is 1.44 bits per heavy atom. The van der Waals surface area contributed by atoms with Crippen LogP contribution in [0.3, 0.4) is 0 Å². The van der Waals surface area contributed by atoms with Crippen LogP contribution >= 0.6 is 0 Å². The maximum absolute atomic E-state index is 13.3. The summed E-state index contributed by atoms with van der Waals surface area (Å²) in [6.07, 6.45) is 1.02. The van der Waals surface area contributed by atoms with E-state index in [9.17, 15) is 13.6 Å². The quantitative estimate of drug-likeness (QED) is 0.661. The van der Waals surface area contributed by atoms with E-state index in [1.165, 1.54) is 0 Å². The Hall–Kier alpha value is -2.22. The fourth-order valence-electron chi connectivity index (χ4n) is 1.27. The molecule has 0 aliphatic heterocycles. The number of amides is 1. The van der Waals surface area contributed by atoms with Gasteiger partial charge in [-0.2, -0.15) is 5.26 Å². The maximum Gasteiger partial charge on any atom is 0.262 e. The first-order chi connectivity index (χ1) is 8.43. The van der Waals surface area contributed by atoms with Crippen LogP contribution in [0.25, 0.3) is 6.08 Å². The average Bonchev–Trinajstić information content (AvgIpc) is 2.29. The minimum absolute atomic E-state index is 0.134. The van der Waals surface area contributed by atoms with Crippen LogP contribution in [-0.2, 0) is 4.79 Å². The first-order valence-corrected chi connectivity index (χ1v) is 5.31. The minimum Gasteiger partial charge on any atom is -0.349 e. The lowest BCUT2D eigenvalue weighted by atomic mass is 10.1. The molecule has 3 nitrogen and oxygen atoms in total. The minimum atomic E-state index is -0.693. The van der Waals surface area contributed by atoms with Gasteiger partial charge in [0.05, 0.1) is 0 Å². The Labute approximate surface area is 104 Å². The first kappa shape index (κ1) is 13.8. The van der Waals surface area contributed by atoms with Gasteiger partial charge in [0.25, 0.3) is 5.91 Å². The molecule has 1 rings (SSSR count). The zero-order chi connectivity index (χ0) is 13.7. The van der Waals surface area contributed by atoms with E-state index in [1.54, 1.807) is 19.9 Å². The van der Waals surface area contributed by atoms with Gasteiger partial charge in [0.15, 0.2) is 0 Å². The van der Waals surface area contributed by atoms with Crippen molar-refractivity contribution < 1.29 is 13.6 Å². The second-order valence-electron chi connectivity index (χ2n) is 3.96. The molecule has 1 aromatic rings. The Balaban J connectivity index is 3.08. The number of benzene rings is 1. The molecule has 1 N–H and O–H groups in total. The molecular formula is C13H12F2N2O. The summed E-state index contributed by atoms with van der Waals surface area (Å²) in [5.74, 6) is -1.94. The summed E-state index contributed by atoms with van der Waals surface area (Å²) in [6, 6.07) is 4.35. The topological polar surface area (TPSA) is 52.9 Å². The highest BCUT2D eigenvalue weighted by Crippen LogP contribution is 2.13. The molecule has 1 aromatic carbocycles. The molecule has 0 radical (unpaired) electrons. The van der Waals surface area contributed by atoms with Crippen LogP contribution in [0.1, 0.15) is 19.4 Å². The predicted molar refractivity (Wildman–Crippen MR) is 63.2 cm³/mol. The largest absolute Gasteiger partial charge is 0.349 e. The summed E-state index contributed by atoms with van der Waals surface area (Å²) in [6.45, 7) is 3.46. The lowest BCUT2D eigenvalue weighted by molar-refractivity contribution is -0.117. The first-order valence-electron chi connectivity index (χ1n) is 5.31. The second kappa shape index (κ2) is 5.92. The second-order valence-corrected chi connectivity index (χ2v) is 3.96. The van der Waals surface area contributed by atoms with Crippen LogP contribution < -0.4 is 5.32 Å². The van der Waals surface area contributed by atoms with Gasteiger partial charge >= 0.3 is 0 Å². The molecule has 0 bridgehead atoms. The number of halogens is 2. The Bertz CT molecular complexity index is 530. The van der Waals surface area contributed by atoms with Crippen molar-refractivity contribution in [2.24, 2.45) is 0 Å². The van der Waals surface area contributed by atoms with E-state index < -0.39 is 17.5 Å². The third-order valence-corrected chi connectivity index (χ3v) is 2.04. The monoisotopic (exact) mass is 250 g/mol. The fourth-order valence-corrected chi connectivity index (χ4v) is 1.27. The van der Waals surface area contributed by atoms with E-state index >= 15 is 0 Å². The normalized spacial score (nSPS) is 11.2. The number of nitriles is 1. The van der Waals surface area contributed by atoms with Crippen molar-refractivity contribution in [3.8, 4) is 6.07 Å². The van der Waals surface area contributed by atoms with Crippen LogP contribution in [0.2, 0.25) is 0 Å². The number of nitrogens with one attached hydrogen (secondary N) is 1. The molecule has 0 spiro atoms. The third kappa shape index (κ3) is 3.67.